The summed E-state index contributed by atoms with van der Waals surface area (Å²) in [7, 11) is 1.72. The number of fused-ring (bicyclic) bond motifs is 1. The molecule has 0 saturated heterocycles. The number of nitrogens with zero attached hydrogens (tertiary/aromatic N) is 1. The van der Waals surface area contributed by atoms with E-state index in [2.05, 4.69) is 5.32 Å². The molecule has 0 aliphatic heterocycles. The van der Waals surface area contributed by atoms with E-state index in [0.717, 1.165) is 5.69 Å². The smallest absolute Gasteiger partial charge is 0.352 e. The number of carbonyl (C=O) groups excluding carboxylic acids is 1. The Balaban J connectivity index is 2.79. The average molecular weight is 272 g/mol. The lowest BCUT2D eigenvalue weighted by Gasteiger charge is -2.06. The minimum atomic E-state index is -0.874. The van der Waals surface area contributed by atoms with Gasteiger partial charge in [-0.2, -0.15) is 5.26 Å². The number of ether oxygens (including phenoxy) is 1. The highest BCUT2D eigenvalue weighted by atomic mass is 16.5. The van der Waals surface area contributed by atoms with Gasteiger partial charge < -0.3 is 14.5 Å². The van der Waals surface area contributed by atoms with Crippen molar-refractivity contribution in [2.45, 2.75) is 6.92 Å². The number of hydrogen-bond acceptors (Lipinski definition) is 6. The molecule has 1 N–H and O–H groups in total. The first kappa shape index (κ1) is 13.6. The molecule has 6 nitrogen and oxygen atoms in total. The van der Waals surface area contributed by atoms with E-state index < -0.39 is 11.6 Å². The zero-order valence-corrected chi connectivity index (χ0v) is 11.0. The van der Waals surface area contributed by atoms with Gasteiger partial charge in [0, 0.05) is 24.2 Å². The van der Waals surface area contributed by atoms with Crippen LogP contribution in [0.4, 0.5) is 5.69 Å². The van der Waals surface area contributed by atoms with Crippen LogP contribution in [0.3, 0.4) is 0 Å². The van der Waals surface area contributed by atoms with Gasteiger partial charge >= 0.3 is 11.6 Å². The highest BCUT2D eigenvalue weighted by Crippen LogP contribution is 2.23. The lowest BCUT2D eigenvalue weighted by atomic mass is 10.1. The molecule has 1 aromatic carbocycles. The fourth-order valence-corrected chi connectivity index (χ4v) is 1.86. The van der Waals surface area contributed by atoms with E-state index in [9.17, 15) is 14.9 Å². The van der Waals surface area contributed by atoms with Crippen LogP contribution in [0.25, 0.3) is 11.0 Å². The lowest BCUT2D eigenvalue weighted by Crippen LogP contribution is -2.19. The number of hydrogen-bond donors (Lipinski definition) is 1. The number of carbonyl (C=O) groups is 1. The highest BCUT2D eigenvalue weighted by Gasteiger charge is 2.22. The molecule has 0 amide bonds. The number of nitrogens with one attached hydrogen (secondary N) is 1. The maximum Gasteiger partial charge on any atom is 0.352 e. The predicted octanol–water partition coefficient (Wildman–Crippen LogP) is 1.88. The molecule has 0 aliphatic rings. The Morgan fingerprint density at radius 2 is 2.25 bits per heavy atom. The van der Waals surface area contributed by atoms with Gasteiger partial charge in [-0.15, -0.1) is 0 Å². The molecule has 0 aliphatic carbocycles. The van der Waals surface area contributed by atoms with Crippen LogP contribution in [0.1, 0.15) is 22.8 Å². The van der Waals surface area contributed by atoms with Crippen LogP contribution in [0.15, 0.2) is 27.4 Å². The van der Waals surface area contributed by atoms with Gasteiger partial charge in [0.15, 0.2) is 5.56 Å². The fourth-order valence-electron chi connectivity index (χ4n) is 1.86. The zero-order chi connectivity index (χ0) is 14.7. The van der Waals surface area contributed by atoms with E-state index in [4.69, 9.17) is 9.15 Å². The summed E-state index contributed by atoms with van der Waals surface area (Å²) in [5.41, 5.74) is -0.294. The molecule has 0 radical (unpaired) electrons. The number of anilines is 1. The molecule has 0 saturated carbocycles. The number of nitriles is 1. The summed E-state index contributed by atoms with van der Waals surface area (Å²) >= 11 is 0. The highest BCUT2D eigenvalue weighted by molar-refractivity contribution is 5.98. The van der Waals surface area contributed by atoms with Crippen molar-refractivity contribution < 1.29 is 13.9 Å². The summed E-state index contributed by atoms with van der Waals surface area (Å²) in [5, 5.41) is 12.5. The van der Waals surface area contributed by atoms with E-state index in [0.29, 0.717) is 5.39 Å². The number of esters is 1. The van der Waals surface area contributed by atoms with Gasteiger partial charge in [-0.3, -0.25) is 0 Å². The van der Waals surface area contributed by atoms with Crippen molar-refractivity contribution in [1.29, 1.82) is 5.26 Å². The minimum Gasteiger partial charge on any atom is -0.462 e. The second-order valence-corrected chi connectivity index (χ2v) is 3.93. The van der Waals surface area contributed by atoms with E-state index in [1.165, 1.54) is 0 Å². The van der Waals surface area contributed by atoms with Gasteiger partial charge in [-0.05, 0) is 19.1 Å². The third kappa shape index (κ3) is 2.21. The first-order valence-corrected chi connectivity index (χ1v) is 5.98. The molecule has 2 rings (SSSR count). The van der Waals surface area contributed by atoms with Crippen LogP contribution < -0.4 is 10.9 Å². The van der Waals surface area contributed by atoms with Crippen molar-refractivity contribution in [1.82, 2.24) is 0 Å². The molecule has 102 valence electrons. The topological polar surface area (TPSA) is 92.3 Å². The van der Waals surface area contributed by atoms with Crippen molar-refractivity contribution >= 4 is 22.6 Å². The van der Waals surface area contributed by atoms with E-state index in [1.807, 2.05) is 6.07 Å². The lowest BCUT2D eigenvalue weighted by molar-refractivity contribution is 0.0521. The van der Waals surface area contributed by atoms with Gasteiger partial charge in [0.1, 0.15) is 11.7 Å². The van der Waals surface area contributed by atoms with Gasteiger partial charge in [-0.25, -0.2) is 9.59 Å². The SMILES string of the molecule is CCOC(=O)c1c(C#N)c2ccc(NC)cc2oc1=O. The predicted molar refractivity (Wildman–Crippen MR) is 72.7 cm³/mol. The fraction of sp³-hybridized carbons (Fsp3) is 0.214. The minimum absolute atomic E-state index is 0.0302. The van der Waals surface area contributed by atoms with Crippen LogP contribution in [-0.2, 0) is 4.74 Å². The van der Waals surface area contributed by atoms with Crippen molar-refractivity contribution in [3.63, 3.8) is 0 Å². The van der Waals surface area contributed by atoms with E-state index >= 15 is 0 Å². The second-order valence-electron chi connectivity index (χ2n) is 3.93. The van der Waals surface area contributed by atoms with Gasteiger partial charge in [0.05, 0.1) is 12.2 Å². The molecule has 6 heteroatoms. The van der Waals surface area contributed by atoms with Gasteiger partial charge in [0.2, 0.25) is 0 Å². The average Bonchev–Trinajstić information content (AvgIpc) is 2.45. The molecule has 0 bridgehead atoms. The molecule has 2 aromatic rings. The normalized spacial score (nSPS) is 10.1. The maximum atomic E-state index is 11.9. The summed E-state index contributed by atoms with van der Waals surface area (Å²) in [5.74, 6) is -0.850. The van der Waals surface area contributed by atoms with E-state index in [1.54, 1.807) is 32.2 Å². The Labute approximate surface area is 114 Å². The molecule has 0 atom stereocenters. The third-order valence-electron chi connectivity index (χ3n) is 2.79. The Hall–Kier alpha value is -2.81. The molecule has 0 unspecified atom stereocenters. The summed E-state index contributed by atoms with van der Waals surface area (Å²) in [6, 6.07) is 6.80. The Morgan fingerprint density at radius 3 is 2.85 bits per heavy atom. The number of benzene rings is 1. The molecule has 1 heterocycles. The molecule has 20 heavy (non-hydrogen) atoms. The van der Waals surface area contributed by atoms with Gasteiger partial charge in [0.25, 0.3) is 0 Å². The Morgan fingerprint density at radius 1 is 1.50 bits per heavy atom. The van der Waals surface area contributed by atoms with Crippen LogP contribution >= 0.6 is 0 Å². The third-order valence-corrected chi connectivity index (χ3v) is 2.79. The Kier molecular flexibility index (Phi) is 3.71. The van der Waals surface area contributed by atoms with Crippen molar-refractivity contribution in [3.8, 4) is 6.07 Å². The molecular weight excluding hydrogens is 260 g/mol. The Bertz CT molecular complexity index is 771. The molecular formula is C14H12N2O4. The van der Waals surface area contributed by atoms with Gasteiger partial charge in [-0.1, -0.05) is 0 Å². The quantitative estimate of drug-likeness (QED) is 0.677. The van der Waals surface area contributed by atoms with Crippen LogP contribution in [0, 0.1) is 11.3 Å². The van der Waals surface area contributed by atoms with Crippen molar-refractivity contribution in [2.75, 3.05) is 19.0 Å². The first-order chi connectivity index (χ1) is 9.62. The summed E-state index contributed by atoms with van der Waals surface area (Å²) < 4.78 is 9.88. The summed E-state index contributed by atoms with van der Waals surface area (Å²) in [6.45, 7) is 1.73. The zero-order valence-electron chi connectivity index (χ0n) is 11.0. The monoisotopic (exact) mass is 272 g/mol. The van der Waals surface area contributed by atoms with E-state index in [-0.39, 0.29) is 23.3 Å². The standard InChI is InChI=1S/C14H12N2O4/c1-3-19-13(17)12-10(7-15)9-5-4-8(16-2)6-11(9)20-14(12)18/h4-6,16H,3H2,1-2H3. The molecule has 1 aromatic heterocycles. The van der Waals surface area contributed by atoms with Crippen molar-refractivity contribution in [3.05, 3.63) is 39.7 Å². The molecule has 0 fully saturated rings. The van der Waals surface area contributed by atoms with Crippen LogP contribution in [0.2, 0.25) is 0 Å². The summed E-state index contributed by atoms with van der Waals surface area (Å²) in [4.78, 5) is 23.7. The maximum absolute atomic E-state index is 11.9. The summed E-state index contributed by atoms with van der Waals surface area (Å²) in [6.07, 6.45) is 0. The number of rotatable bonds is 3. The van der Waals surface area contributed by atoms with Crippen LogP contribution in [0.5, 0.6) is 0 Å². The largest absolute Gasteiger partial charge is 0.462 e. The molecule has 0 spiro atoms. The van der Waals surface area contributed by atoms with Crippen LogP contribution in [-0.4, -0.2) is 19.6 Å². The van der Waals surface area contributed by atoms with Crippen molar-refractivity contribution in [2.24, 2.45) is 0 Å². The first-order valence-electron chi connectivity index (χ1n) is 5.98. The second kappa shape index (κ2) is 5.45.